The minimum Gasteiger partial charge on any atom is -0.460 e. The molecule has 0 amide bonds. The van der Waals surface area contributed by atoms with Crippen LogP contribution in [0.4, 0.5) is 0 Å². The van der Waals surface area contributed by atoms with Crippen molar-refractivity contribution in [1.29, 1.82) is 0 Å². The van der Waals surface area contributed by atoms with Crippen molar-refractivity contribution in [3.63, 3.8) is 0 Å². The quantitative estimate of drug-likeness (QED) is 0.190. The predicted molar refractivity (Wildman–Crippen MR) is 108 cm³/mol. The van der Waals surface area contributed by atoms with Crippen LogP contribution in [-0.4, -0.2) is 80.0 Å². The Hall–Kier alpha value is -2.76. The fourth-order valence-corrected chi connectivity index (χ4v) is 2.38. The van der Waals surface area contributed by atoms with Gasteiger partial charge in [-0.2, -0.15) is 0 Å². The second-order valence-electron chi connectivity index (χ2n) is 7.01. The second-order valence-corrected chi connectivity index (χ2v) is 7.01. The maximum absolute atomic E-state index is 12.0. The summed E-state index contributed by atoms with van der Waals surface area (Å²) in [6.07, 6.45) is 0.275. The van der Waals surface area contributed by atoms with Crippen molar-refractivity contribution in [2.24, 2.45) is 0 Å². The summed E-state index contributed by atoms with van der Waals surface area (Å²) < 4.78 is 30.0. The fourth-order valence-electron chi connectivity index (χ4n) is 2.38. The van der Waals surface area contributed by atoms with E-state index in [-0.39, 0.29) is 31.0 Å². The lowest BCUT2D eigenvalue weighted by atomic mass is 10.1. The number of hydrogen-bond acceptors (Lipinski definition) is 11. The normalized spacial score (nSPS) is 21.4. The van der Waals surface area contributed by atoms with Gasteiger partial charge in [-0.1, -0.05) is 13.5 Å². The lowest BCUT2D eigenvalue weighted by Gasteiger charge is -2.32. The van der Waals surface area contributed by atoms with Crippen LogP contribution in [0.1, 0.15) is 33.6 Å². The highest BCUT2D eigenvalue weighted by Crippen LogP contribution is 2.21. The van der Waals surface area contributed by atoms with E-state index in [0.717, 1.165) is 18.6 Å². The van der Waals surface area contributed by atoms with Gasteiger partial charge in [0, 0.05) is 17.7 Å². The summed E-state index contributed by atoms with van der Waals surface area (Å²) in [6.45, 7) is 7.36. The molecule has 0 radical (unpaired) electrons. The highest BCUT2D eigenvalue weighted by atomic mass is 16.7. The average molecular weight is 458 g/mol. The Morgan fingerprint density at radius 3 is 2.25 bits per heavy atom. The smallest absolute Gasteiger partial charge is 0.363 e. The van der Waals surface area contributed by atoms with Crippen LogP contribution in [0.5, 0.6) is 0 Å². The number of aliphatic hydroxyl groups excluding tert-OH is 1. The van der Waals surface area contributed by atoms with Gasteiger partial charge in [-0.3, -0.25) is 0 Å². The molecule has 4 atom stereocenters. The van der Waals surface area contributed by atoms with E-state index in [4.69, 9.17) is 28.4 Å². The molecule has 0 bridgehead atoms. The van der Waals surface area contributed by atoms with E-state index >= 15 is 0 Å². The number of carbonyl (C=O) groups is 4. The summed E-state index contributed by atoms with van der Waals surface area (Å²) in [6, 6.07) is 0. The summed E-state index contributed by atoms with van der Waals surface area (Å²) in [7, 11) is 0. The maximum atomic E-state index is 12.0. The summed E-state index contributed by atoms with van der Waals surface area (Å²) in [5.41, 5.74) is 0.214. The molecule has 11 heteroatoms. The molecule has 1 aliphatic rings. The van der Waals surface area contributed by atoms with Gasteiger partial charge < -0.3 is 33.5 Å². The van der Waals surface area contributed by atoms with Gasteiger partial charge in [0.15, 0.2) is 0 Å². The Labute approximate surface area is 186 Å². The molecule has 1 rings (SSSR count). The highest BCUT2D eigenvalue weighted by Gasteiger charge is 2.33. The van der Waals surface area contributed by atoms with Crippen LogP contribution in [0.15, 0.2) is 24.3 Å². The molecule has 0 spiro atoms. The molecule has 32 heavy (non-hydrogen) atoms. The monoisotopic (exact) mass is 458 g/mol. The molecule has 0 aromatic rings. The zero-order valence-electron chi connectivity index (χ0n) is 18.4. The zero-order valence-corrected chi connectivity index (χ0v) is 18.4. The van der Waals surface area contributed by atoms with Crippen molar-refractivity contribution in [2.45, 2.75) is 58.2 Å². The van der Waals surface area contributed by atoms with Gasteiger partial charge in [0.1, 0.15) is 32.5 Å². The number of rotatable bonds is 12. The molecule has 1 saturated heterocycles. The molecular weight excluding hydrogens is 428 g/mol. The summed E-state index contributed by atoms with van der Waals surface area (Å²) >= 11 is 0. The molecule has 0 aromatic heterocycles. The molecule has 11 nitrogen and oxygen atoms in total. The minimum absolute atomic E-state index is 0.119. The van der Waals surface area contributed by atoms with E-state index in [1.54, 1.807) is 0 Å². The third kappa shape index (κ3) is 11.0. The van der Waals surface area contributed by atoms with Crippen molar-refractivity contribution >= 4 is 23.9 Å². The largest absolute Gasteiger partial charge is 0.460 e. The van der Waals surface area contributed by atoms with Crippen LogP contribution in [0.2, 0.25) is 0 Å². The molecular formula is C21H30O11. The lowest BCUT2D eigenvalue weighted by molar-refractivity contribution is -0.248. The standard InChI is InChI=1S/C21H30O11/c1-5-16-10-14(4)31-21(32-16)20(26)30-12-15(22)11-29-18(24)7-6-17(23)27-8-9-28-19(25)13(2)3/h6-7,14-16,21-22H,2,5,8-12H2,1,3-4H3/b7-6-. The topological polar surface area (TPSA) is 144 Å². The number of carbonyl (C=O) groups excluding carboxylic acids is 4. The third-order valence-electron chi connectivity index (χ3n) is 4.02. The molecule has 1 N–H and O–H groups in total. The van der Waals surface area contributed by atoms with Crippen LogP contribution in [0.25, 0.3) is 0 Å². The van der Waals surface area contributed by atoms with Gasteiger partial charge in [-0.25, -0.2) is 19.2 Å². The molecule has 0 saturated carbocycles. The zero-order chi connectivity index (χ0) is 24.1. The molecule has 1 fully saturated rings. The molecule has 180 valence electrons. The van der Waals surface area contributed by atoms with Gasteiger partial charge >= 0.3 is 23.9 Å². The van der Waals surface area contributed by atoms with E-state index < -0.39 is 49.5 Å². The van der Waals surface area contributed by atoms with E-state index in [9.17, 15) is 24.3 Å². The van der Waals surface area contributed by atoms with E-state index in [2.05, 4.69) is 6.58 Å². The van der Waals surface area contributed by atoms with Crippen molar-refractivity contribution in [3.05, 3.63) is 24.3 Å². The van der Waals surface area contributed by atoms with Crippen LogP contribution in [0, 0.1) is 0 Å². The van der Waals surface area contributed by atoms with Crippen molar-refractivity contribution in [3.8, 4) is 0 Å². The molecule has 0 aromatic carbocycles. The van der Waals surface area contributed by atoms with E-state index in [0.29, 0.717) is 6.42 Å². The first-order valence-electron chi connectivity index (χ1n) is 10.1. The van der Waals surface area contributed by atoms with E-state index in [1.807, 2.05) is 13.8 Å². The first kappa shape index (κ1) is 27.3. The summed E-state index contributed by atoms with van der Waals surface area (Å²) in [4.78, 5) is 46.2. The van der Waals surface area contributed by atoms with Crippen LogP contribution >= 0.6 is 0 Å². The van der Waals surface area contributed by atoms with Gasteiger partial charge in [0.25, 0.3) is 6.29 Å². The number of aliphatic hydroxyl groups is 1. The van der Waals surface area contributed by atoms with Crippen molar-refractivity contribution < 1.29 is 52.7 Å². The SMILES string of the molecule is C=C(C)C(=O)OCCOC(=O)/C=C\C(=O)OCC(O)COC(=O)C1OC(C)CC(CC)O1. The Balaban J connectivity index is 2.22. The van der Waals surface area contributed by atoms with Crippen LogP contribution < -0.4 is 0 Å². The van der Waals surface area contributed by atoms with Gasteiger partial charge in [0.2, 0.25) is 0 Å². The third-order valence-corrected chi connectivity index (χ3v) is 4.02. The number of hydrogen-bond donors (Lipinski definition) is 1. The Bertz CT molecular complexity index is 700. The summed E-state index contributed by atoms with van der Waals surface area (Å²) in [5, 5.41) is 9.80. The number of ether oxygens (including phenoxy) is 6. The first-order chi connectivity index (χ1) is 15.1. The second kappa shape index (κ2) is 14.3. The van der Waals surface area contributed by atoms with Crippen molar-refractivity contribution in [1.82, 2.24) is 0 Å². The first-order valence-corrected chi connectivity index (χ1v) is 10.1. The fraction of sp³-hybridized carbons (Fsp3) is 0.619. The Morgan fingerprint density at radius 2 is 1.62 bits per heavy atom. The predicted octanol–water partition coefficient (Wildman–Crippen LogP) is 0.583. The van der Waals surface area contributed by atoms with Gasteiger partial charge in [-0.05, 0) is 26.7 Å². The van der Waals surface area contributed by atoms with E-state index in [1.165, 1.54) is 6.92 Å². The maximum Gasteiger partial charge on any atom is 0.363 e. The molecule has 4 unspecified atom stereocenters. The Kier molecular flexibility index (Phi) is 12.2. The average Bonchev–Trinajstić information content (AvgIpc) is 2.76. The molecule has 1 heterocycles. The molecule has 1 aliphatic heterocycles. The highest BCUT2D eigenvalue weighted by molar-refractivity contribution is 5.91. The van der Waals surface area contributed by atoms with Gasteiger partial charge in [0.05, 0.1) is 12.2 Å². The lowest BCUT2D eigenvalue weighted by Crippen LogP contribution is -2.42. The summed E-state index contributed by atoms with van der Waals surface area (Å²) in [5.74, 6) is -3.16. The van der Waals surface area contributed by atoms with Gasteiger partial charge in [-0.15, -0.1) is 0 Å². The van der Waals surface area contributed by atoms with Crippen LogP contribution in [0.3, 0.4) is 0 Å². The van der Waals surface area contributed by atoms with Crippen LogP contribution in [-0.2, 0) is 47.6 Å². The molecule has 0 aliphatic carbocycles. The Morgan fingerprint density at radius 1 is 1.03 bits per heavy atom. The number of esters is 4. The minimum atomic E-state index is -1.28. The van der Waals surface area contributed by atoms with Crippen molar-refractivity contribution in [2.75, 3.05) is 26.4 Å².